The van der Waals surface area contributed by atoms with Crippen molar-refractivity contribution in [2.75, 3.05) is 12.8 Å². The molecule has 2 atom stereocenters. The number of anilines is 1. The van der Waals surface area contributed by atoms with Crippen molar-refractivity contribution in [2.24, 2.45) is 0 Å². The van der Waals surface area contributed by atoms with Crippen molar-refractivity contribution in [1.82, 2.24) is 5.32 Å². The highest BCUT2D eigenvalue weighted by Crippen LogP contribution is 2.34. The molecule has 1 aromatic heterocycles. The molecular weight excluding hydrogens is 291 g/mol. The maximum atomic E-state index is 13.3. The first-order valence-corrected chi connectivity index (χ1v) is 7.73. The molecule has 1 saturated carbocycles. The summed E-state index contributed by atoms with van der Waals surface area (Å²) in [4.78, 5) is 12.8. The number of nitrogen functional groups attached to an aromatic ring is 1. The number of halogens is 1. The van der Waals surface area contributed by atoms with Crippen LogP contribution in [0, 0.1) is 5.82 Å². The van der Waals surface area contributed by atoms with Crippen molar-refractivity contribution in [2.45, 2.75) is 31.4 Å². The number of carbonyl (C=O) groups is 1. The molecule has 1 heterocycles. The van der Waals surface area contributed by atoms with Gasteiger partial charge in [-0.05, 0) is 37.5 Å². The first-order chi connectivity index (χ1) is 10.1. The van der Waals surface area contributed by atoms with Gasteiger partial charge in [-0.25, -0.2) is 4.39 Å². The number of hydrogen-bond acceptors (Lipinski definition) is 4. The van der Waals surface area contributed by atoms with E-state index in [1.54, 1.807) is 13.2 Å². The monoisotopic (exact) mass is 308 g/mol. The topological polar surface area (TPSA) is 64.3 Å². The number of carbonyl (C=O) groups excluding carboxylic acids is 1. The number of fused-ring (bicyclic) bond motifs is 1. The molecule has 1 fully saturated rings. The number of amides is 1. The van der Waals surface area contributed by atoms with Gasteiger partial charge in [0.2, 0.25) is 0 Å². The van der Waals surface area contributed by atoms with E-state index in [9.17, 15) is 9.18 Å². The van der Waals surface area contributed by atoms with Crippen molar-refractivity contribution in [3.8, 4) is 0 Å². The van der Waals surface area contributed by atoms with Crippen LogP contribution in [0.1, 0.15) is 28.9 Å². The van der Waals surface area contributed by atoms with Crippen LogP contribution in [-0.4, -0.2) is 25.2 Å². The molecule has 0 spiro atoms. The molecule has 1 aromatic carbocycles. The highest BCUT2D eigenvalue weighted by molar-refractivity contribution is 7.21. The third-order valence-corrected chi connectivity index (χ3v) is 5.15. The lowest BCUT2D eigenvalue weighted by molar-refractivity contribution is 0.0725. The Morgan fingerprint density at radius 1 is 1.48 bits per heavy atom. The lowest BCUT2D eigenvalue weighted by Crippen LogP contribution is -2.40. The molecule has 0 radical (unpaired) electrons. The second-order valence-corrected chi connectivity index (χ2v) is 6.32. The van der Waals surface area contributed by atoms with Crippen LogP contribution in [-0.2, 0) is 4.74 Å². The van der Waals surface area contributed by atoms with E-state index in [0.29, 0.717) is 16.0 Å². The largest absolute Gasteiger partial charge is 0.397 e. The summed E-state index contributed by atoms with van der Waals surface area (Å²) >= 11 is 1.29. The quantitative estimate of drug-likeness (QED) is 0.916. The zero-order valence-corrected chi connectivity index (χ0v) is 12.5. The van der Waals surface area contributed by atoms with Gasteiger partial charge in [0.05, 0.1) is 17.8 Å². The van der Waals surface area contributed by atoms with Crippen molar-refractivity contribution in [1.29, 1.82) is 0 Å². The van der Waals surface area contributed by atoms with Gasteiger partial charge in [-0.1, -0.05) is 0 Å². The molecule has 3 N–H and O–H groups in total. The number of thiophene rings is 1. The van der Waals surface area contributed by atoms with Gasteiger partial charge in [0.15, 0.2) is 0 Å². The van der Waals surface area contributed by atoms with E-state index >= 15 is 0 Å². The zero-order valence-electron chi connectivity index (χ0n) is 11.7. The molecule has 21 heavy (non-hydrogen) atoms. The highest BCUT2D eigenvalue weighted by Gasteiger charge is 2.29. The standard InChI is InChI=1S/C15H17FN2O2S/c1-20-11-4-2-3-10(11)18-15(19)14-13(17)9-7-8(16)5-6-12(9)21-14/h5-7,10-11H,2-4,17H2,1H3,(H,18,19). The van der Waals surface area contributed by atoms with E-state index in [1.165, 1.54) is 23.5 Å². The molecule has 0 bridgehead atoms. The number of hydrogen-bond donors (Lipinski definition) is 2. The molecule has 3 rings (SSSR count). The van der Waals surface area contributed by atoms with Gasteiger partial charge >= 0.3 is 0 Å². The van der Waals surface area contributed by atoms with Crippen LogP contribution in [0.4, 0.5) is 10.1 Å². The molecule has 1 aliphatic carbocycles. The van der Waals surface area contributed by atoms with Crippen LogP contribution in [0.5, 0.6) is 0 Å². The van der Waals surface area contributed by atoms with Gasteiger partial charge in [0.1, 0.15) is 10.7 Å². The third kappa shape index (κ3) is 2.61. The van der Waals surface area contributed by atoms with Gasteiger partial charge in [-0.3, -0.25) is 4.79 Å². The number of ether oxygens (including phenoxy) is 1. The summed E-state index contributed by atoms with van der Waals surface area (Å²) in [6.45, 7) is 0. The second-order valence-electron chi connectivity index (χ2n) is 5.27. The Labute approximate surface area is 126 Å². The Kier molecular flexibility index (Phi) is 3.82. The molecule has 0 saturated heterocycles. The van der Waals surface area contributed by atoms with E-state index in [1.807, 2.05) is 0 Å². The van der Waals surface area contributed by atoms with Crippen LogP contribution in [0.2, 0.25) is 0 Å². The van der Waals surface area contributed by atoms with Crippen molar-refractivity contribution in [3.63, 3.8) is 0 Å². The zero-order chi connectivity index (χ0) is 15.0. The minimum absolute atomic E-state index is 0.0175. The summed E-state index contributed by atoms with van der Waals surface area (Å²) < 4.78 is 19.5. The lowest BCUT2D eigenvalue weighted by atomic mass is 10.2. The number of rotatable bonds is 3. The van der Waals surface area contributed by atoms with Crippen molar-refractivity contribution in [3.05, 3.63) is 28.9 Å². The Balaban J connectivity index is 1.86. The van der Waals surface area contributed by atoms with E-state index in [4.69, 9.17) is 10.5 Å². The molecule has 1 amide bonds. The Hall–Kier alpha value is -1.66. The lowest BCUT2D eigenvalue weighted by Gasteiger charge is -2.19. The number of nitrogens with one attached hydrogen (secondary N) is 1. The second kappa shape index (κ2) is 5.61. The molecule has 2 aromatic rings. The minimum atomic E-state index is -0.353. The minimum Gasteiger partial charge on any atom is -0.397 e. The maximum Gasteiger partial charge on any atom is 0.263 e. The van der Waals surface area contributed by atoms with Gasteiger partial charge in [-0.2, -0.15) is 0 Å². The Bertz CT molecular complexity index is 686. The van der Waals surface area contributed by atoms with Crippen LogP contribution in [0.15, 0.2) is 18.2 Å². The molecular formula is C15H17FN2O2S. The summed E-state index contributed by atoms with van der Waals surface area (Å²) in [5, 5.41) is 3.58. The third-order valence-electron chi connectivity index (χ3n) is 3.97. The van der Waals surface area contributed by atoms with Crippen LogP contribution < -0.4 is 11.1 Å². The molecule has 6 heteroatoms. The normalized spacial score (nSPS) is 21.8. The maximum absolute atomic E-state index is 13.3. The summed E-state index contributed by atoms with van der Waals surface area (Å²) in [6, 6.07) is 4.41. The van der Waals surface area contributed by atoms with Crippen LogP contribution in [0.3, 0.4) is 0 Å². The smallest absolute Gasteiger partial charge is 0.263 e. The summed E-state index contributed by atoms with van der Waals surface area (Å²) in [5.41, 5.74) is 6.35. The van der Waals surface area contributed by atoms with Crippen LogP contribution >= 0.6 is 11.3 Å². The SMILES string of the molecule is COC1CCCC1NC(=O)c1sc2ccc(F)cc2c1N. The predicted molar refractivity (Wildman–Crippen MR) is 82.1 cm³/mol. The fourth-order valence-electron chi connectivity index (χ4n) is 2.86. The first-order valence-electron chi connectivity index (χ1n) is 6.91. The van der Waals surface area contributed by atoms with Gasteiger partial charge in [0.25, 0.3) is 5.91 Å². The summed E-state index contributed by atoms with van der Waals surface area (Å²) in [5.74, 6) is -0.558. The van der Waals surface area contributed by atoms with Crippen molar-refractivity contribution < 1.29 is 13.9 Å². The van der Waals surface area contributed by atoms with E-state index < -0.39 is 0 Å². The average Bonchev–Trinajstić information content (AvgIpc) is 3.04. The van der Waals surface area contributed by atoms with Crippen LogP contribution in [0.25, 0.3) is 10.1 Å². The fraction of sp³-hybridized carbons (Fsp3) is 0.400. The van der Waals surface area contributed by atoms with Crippen molar-refractivity contribution >= 4 is 33.0 Å². The number of methoxy groups -OCH3 is 1. The molecule has 0 aliphatic heterocycles. The van der Waals surface area contributed by atoms with Gasteiger partial charge < -0.3 is 15.8 Å². The Morgan fingerprint density at radius 2 is 2.29 bits per heavy atom. The molecule has 2 unspecified atom stereocenters. The van der Waals surface area contributed by atoms with Gasteiger partial charge in [0, 0.05) is 17.2 Å². The van der Waals surface area contributed by atoms with E-state index in [-0.39, 0.29) is 23.9 Å². The number of nitrogens with two attached hydrogens (primary N) is 1. The van der Waals surface area contributed by atoms with E-state index in [2.05, 4.69) is 5.32 Å². The molecule has 112 valence electrons. The molecule has 1 aliphatic rings. The highest BCUT2D eigenvalue weighted by atomic mass is 32.1. The fourth-order valence-corrected chi connectivity index (χ4v) is 3.87. The molecule has 4 nitrogen and oxygen atoms in total. The predicted octanol–water partition coefficient (Wildman–Crippen LogP) is 2.92. The Morgan fingerprint density at radius 3 is 3.05 bits per heavy atom. The average molecular weight is 308 g/mol. The number of benzene rings is 1. The van der Waals surface area contributed by atoms with Gasteiger partial charge in [-0.15, -0.1) is 11.3 Å². The summed E-state index contributed by atoms with van der Waals surface area (Å²) in [6.07, 6.45) is 2.96. The first kappa shape index (κ1) is 14.3. The van der Waals surface area contributed by atoms with E-state index in [0.717, 1.165) is 24.0 Å². The summed E-state index contributed by atoms with van der Waals surface area (Å²) in [7, 11) is 1.66.